The second-order valence-electron chi connectivity index (χ2n) is 9.86. The first-order chi connectivity index (χ1) is 17.7. The van der Waals surface area contributed by atoms with Gasteiger partial charge in [0.15, 0.2) is 0 Å². The smallest absolute Gasteiger partial charge is 0.249 e. The van der Waals surface area contributed by atoms with E-state index in [0.29, 0.717) is 16.0 Å². The van der Waals surface area contributed by atoms with E-state index in [-0.39, 0.29) is 24.2 Å². The number of carbonyl (C=O) groups is 2. The summed E-state index contributed by atoms with van der Waals surface area (Å²) in [4.78, 5) is 26.0. The zero-order valence-corrected chi connectivity index (χ0v) is 24.2. The summed E-state index contributed by atoms with van der Waals surface area (Å²) in [6, 6.07) is 11.5. The maximum Gasteiger partial charge on any atom is 0.249 e. The second kappa shape index (κ2) is 15.2. The van der Waals surface area contributed by atoms with Crippen molar-refractivity contribution in [2.45, 2.75) is 57.4 Å². The van der Waals surface area contributed by atoms with Crippen LogP contribution in [0.15, 0.2) is 72.2 Å². The topological polar surface area (TPSA) is 133 Å². The molecule has 0 saturated carbocycles. The highest BCUT2D eigenvalue weighted by Gasteiger charge is 2.19. The van der Waals surface area contributed by atoms with Crippen LogP contribution in [0, 0.1) is 0 Å². The summed E-state index contributed by atoms with van der Waals surface area (Å²) < 4.78 is 10.9. The third-order valence-electron chi connectivity index (χ3n) is 5.84. The van der Waals surface area contributed by atoms with Crippen LogP contribution in [-0.4, -0.2) is 35.0 Å². The average Bonchev–Trinajstić information content (AvgIpc) is 2.82. The van der Waals surface area contributed by atoms with Gasteiger partial charge in [-0.1, -0.05) is 77.3 Å². The molecule has 1 unspecified atom stereocenters. The van der Waals surface area contributed by atoms with Gasteiger partial charge in [0.2, 0.25) is 11.8 Å². The third kappa shape index (κ3) is 9.52. The van der Waals surface area contributed by atoms with Gasteiger partial charge in [-0.05, 0) is 71.5 Å². The summed E-state index contributed by atoms with van der Waals surface area (Å²) in [5.74, 6) is -0.527. The molecule has 0 aliphatic rings. The van der Waals surface area contributed by atoms with E-state index in [4.69, 9.17) is 16.6 Å². The lowest BCUT2D eigenvalue weighted by molar-refractivity contribution is -0.117. The van der Waals surface area contributed by atoms with Crippen molar-refractivity contribution in [3.63, 3.8) is 0 Å². The molecule has 0 heterocycles. The lowest BCUT2D eigenvalue weighted by atomic mass is 9.83. The molecule has 8 heteroatoms. The number of rotatable bonds is 11. The summed E-state index contributed by atoms with van der Waals surface area (Å²) in [7, 11) is 2.65. The molecule has 0 radical (unpaired) electrons. The van der Waals surface area contributed by atoms with Crippen LogP contribution in [0.4, 0.5) is 0 Å². The Morgan fingerprint density at radius 1 is 0.947 bits per heavy atom. The minimum Gasteiger partial charge on any atom is -0.369 e. The van der Waals surface area contributed by atoms with Gasteiger partial charge in [0.1, 0.15) is 11.0 Å². The van der Waals surface area contributed by atoms with Crippen molar-refractivity contribution in [2.75, 3.05) is 14.1 Å². The van der Waals surface area contributed by atoms with Crippen LogP contribution in [0.2, 0.25) is 0 Å². The molecule has 0 bridgehead atoms. The molecule has 2 aromatic rings. The van der Waals surface area contributed by atoms with E-state index in [9.17, 15) is 13.8 Å². The molecule has 0 fully saturated rings. The third-order valence-corrected chi connectivity index (χ3v) is 6.58. The summed E-state index contributed by atoms with van der Waals surface area (Å²) in [5.41, 5.74) is 17.0. The Bertz CT molecular complexity index is 1180. The van der Waals surface area contributed by atoms with E-state index in [1.165, 1.54) is 11.6 Å². The molecular formula is C30H42N4O3S. The van der Waals surface area contributed by atoms with Gasteiger partial charge in [0.05, 0.1) is 11.3 Å². The minimum absolute atomic E-state index is 0.193. The fraction of sp³-hybridized carbons (Fsp3) is 0.333. The SMILES string of the molecule is C=C/C(C(N)=O)=C(\C=C)c1cc(C(C)C)c(CC(N)=O)c(C(C)C)c1.CN(C)Cc1ccc(S(N)=O)cc1. The Kier molecular flexibility index (Phi) is 13.1. The zero-order chi connectivity index (χ0) is 29.2. The number of allylic oxidation sites excluding steroid dienone is 2. The van der Waals surface area contributed by atoms with Crippen LogP contribution < -0.4 is 16.6 Å². The Labute approximate surface area is 230 Å². The van der Waals surface area contributed by atoms with Gasteiger partial charge in [-0.3, -0.25) is 9.59 Å². The molecule has 38 heavy (non-hydrogen) atoms. The number of hydrogen-bond donors (Lipinski definition) is 3. The average molecular weight is 539 g/mol. The largest absolute Gasteiger partial charge is 0.369 e. The fourth-order valence-electron chi connectivity index (χ4n) is 4.10. The van der Waals surface area contributed by atoms with Gasteiger partial charge in [0, 0.05) is 12.1 Å². The van der Waals surface area contributed by atoms with Crippen LogP contribution in [0.1, 0.15) is 67.3 Å². The molecule has 206 valence electrons. The molecule has 0 aliphatic heterocycles. The summed E-state index contributed by atoms with van der Waals surface area (Å²) in [6.07, 6.45) is 3.25. The van der Waals surface area contributed by atoms with E-state index in [1.54, 1.807) is 18.2 Å². The molecule has 1 atom stereocenters. The predicted octanol–water partition coefficient (Wildman–Crippen LogP) is 4.30. The maximum absolute atomic E-state index is 11.7. The highest BCUT2D eigenvalue weighted by atomic mass is 32.2. The zero-order valence-electron chi connectivity index (χ0n) is 23.4. The van der Waals surface area contributed by atoms with Crippen LogP contribution in [0.3, 0.4) is 0 Å². The molecule has 0 spiro atoms. The Morgan fingerprint density at radius 3 is 1.76 bits per heavy atom. The van der Waals surface area contributed by atoms with Crippen molar-refractivity contribution < 1.29 is 13.8 Å². The second-order valence-corrected chi connectivity index (χ2v) is 10.9. The molecule has 2 amide bonds. The van der Waals surface area contributed by atoms with E-state index < -0.39 is 16.9 Å². The molecule has 2 aromatic carbocycles. The van der Waals surface area contributed by atoms with Crippen LogP contribution in [0.5, 0.6) is 0 Å². The van der Waals surface area contributed by atoms with Crippen molar-refractivity contribution in [1.29, 1.82) is 0 Å². The highest BCUT2D eigenvalue weighted by Crippen LogP contribution is 2.33. The van der Waals surface area contributed by atoms with Crippen molar-refractivity contribution >= 4 is 28.4 Å². The Morgan fingerprint density at radius 2 is 1.45 bits per heavy atom. The van der Waals surface area contributed by atoms with Crippen molar-refractivity contribution in [2.24, 2.45) is 16.6 Å². The molecule has 0 aliphatic carbocycles. The van der Waals surface area contributed by atoms with Crippen LogP contribution >= 0.6 is 0 Å². The summed E-state index contributed by atoms with van der Waals surface area (Å²) >= 11 is 0. The highest BCUT2D eigenvalue weighted by molar-refractivity contribution is 7.82. The summed E-state index contributed by atoms with van der Waals surface area (Å²) in [5, 5.41) is 5.23. The minimum atomic E-state index is -1.36. The molecule has 7 nitrogen and oxygen atoms in total. The van der Waals surface area contributed by atoms with Gasteiger partial charge in [0.25, 0.3) is 0 Å². The fourth-order valence-corrected chi connectivity index (χ4v) is 4.51. The first-order valence-corrected chi connectivity index (χ1v) is 13.6. The lowest BCUT2D eigenvalue weighted by Crippen LogP contribution is -2.18. The van der Waals surface area contributed by atoms with Gasteiger partial charge < -0.3 is 16.4 Å². The normalized spacial score (nSPS) is 12.5. The molecule has 2 rings (SSSR count). The first kappa shape index (κ1) is 32.7. The molecular weight excluding hydrogens is 496 g/mol. The van der Waals surface area contributed by atoms with Crippen molar-refractivity contribution in [3.8, 4) is 0 Å². The van der Waals surface area contributed by atoms with Crippen molar-refractivity contribution in [3.05, 3.63) is 95.1 Å². The van der Waals surface area contributed by atoms with E-state index >= 15 is 0 Å². The van der Waals surface area contributed by atoms with Gasteiger partial charge in [-0.15, -0.1) is 0 Å². The quantitative estimate of drug-likeness (QED) is 0.291. The van der Waals surface area contributed by atoms with Crippen molar-refractivity contribution in [1.82, 2.24) is 4.90 Å². The number of nitrogens with zero attached hydrogens (tertiary/aromatic N) is 1. The molecule has 0 aromatic heterocycles. The van der Waals surface area contributed by atoms with E-state index in [2.05, 4.69) is 45.8 Å². The van der Waals surface area contributed by atoms with Gasteiger partial charge in [-0.2, -0.15) is 0 Å². The van der Waals surface area contributed by atoms with Gasteiger partial charge >= 0.3 is 0 Å². The van der Waals surface area contributed by atoms with Crippen LogP contribution in [-0.2, 0) is 33.5 Å². The monoisotopic (exact) mass is 538 g/mol. The lowest BCUT2D eigenvalue weighted by Gasteiger charge is -2.22. The number of amides is 2. The maximum atomic E-state index is 11.7. The number of benzene rings is 2. The van der Waals surface area contributed by atoms with Crippen LogP contribution in [0.25, 0.3) is 5.57 Å². The van der Waals surface area contributed by atoms with E-state index in [1.807, 2.05) is 38.4 Å². The number of primary amides is 2. The standard InChI is InChI=1S/C21H28N2O2.C9H14N2OS/c1-7-15(16(8-2)21(23)25)14-9-17(12(3)4)19(11-20(22)24)18(10-14)13(5)6;1-11(2)7-8-3-5-9(6-4-8)13(10)12/h7-10,12-13H,1-2,11H2,3-6H3,(H2,22,24)(H2,23,25);3-6H,7,10H2,1-2H3/b16-15-;. The summed E-state index contributed by atoms with van der Waals surface area (Å²) in [6.45, 7) is 16.6. The first-order valence-electron chi connectivity index (χ1n) is 12.4. The molecule has 6 N–H and O–H groups in total. The molecule has 0 saturated heterocycles. The number of nitrogens with two attached hydrogens (primary N) is 3. The number of carbonyl (C=O) groups excluding carboxylic acids is 2. The van der Waals surface area contributed by atoms with Gasteiger partial charge in [-0.25, -0.2) is 9.35 Å². The number of hydrogen-bond acceptors (Lipinski definition) is 4. The predicted molar refractivity (Wildman–Crippen MR) is 158 cm³/mol. The van der Waals surface area contributed by atoms with E-state index in [0.717, 1.165) is 28.8 Å². The Hall–Kier alpha value is -3.33. The Balaban J connectivity index is 0.000000464.